The monoisotopic (exact) mass is 349 g/mol. The topological polar surface area (TPSA) is 46.6 Å². The predicted octanol–water partition coefficient (Wildman–Crippen LogP) is 2.77. The molecule has 1 atom stereocenters. The molecule has 0 aromatic heterocycles. The lowest BCUT2D eigenvalue weighted by Gasteiger charge is -2.18. The Morgan fingerprint density at radius 2 is 2.26 bits per heavy atom. The van der Waals surface area contributed by atoms with Crippen molar-refractivity contribution in [3.63, 3.8) is 0 Å². The van der Waals surface area contributed by atoms with Crippen LogP contribution in [0.2, 0.25) is 5.02 Å². The van der Waals surface area contributed by atoms with Gasteiger partial charge < -0.3 is 9.64 Å². The van der Waals surface area contributed by atoms with Gasteiger partial charge in [-0.1, -0.05) is 11.6 Å². The number of anilines is 1. The number of halogens is 3. The average Bonchev–Trinajstić information content (AvgIpc) is 2.75. The number of hydrogen-bond acceptors (Lipinski definition) is 3. The van der Waals surface area contributed by atoms with E-state index in [1.54, 1.807) is 0 Å². The Balaban J connectivity index is 2.30. The number of ether oxygens (including phenoxy) is 1. The Morgan fingerprint density at radius 3 is 2.89 bits per heavy atom. The van der Waals surface area contributed by atoms with Crippen molar-refractivity contribution in [1.82, 2.24) is 0 Å². The summed E-state index contributed by atoms with van der Waals surface area (Å²) in [5.41, 5.74) is 0.263. The van der Waals surface area contributed by atoms with Crippen LogP contribution in [0, 0.1) is 11.7 Å². The molecule has 1 aliphatic rings. The molecule has 0 N–H and O–H groups in total. The maximum absolute atomic E-state index is 13.5. The molecule has 1 aromatic rings. The van der Waals surface area contributed by atoms with Crippen LogP contribution in [0.4, 0.5) is 10.1 Å². The fourth-order valence-corrected chi connectivity index (χ4v) is 2.72. The minimum atomic E-state index is -0.541. The molecule has 1 amide bonds. The van der Waals surface area contributed by atoms with E-state index in [0.29, 0.717) is 0 Å². The van der Waals surface area contributed by atoms with Crippen LogP contribution in [0.25, 0.3) is 0 Å². The number of benzene rings is 1. The van der Waals surface area contributed by atoms with Gasteiger partial charge in [0.05, 0.1) is 28.2 Å². The Kier molecular flexibility index (Phi) is 4.10. The Morgan fingerprint density at radius 1 is 1.58 bits per heavy atom. The summed E-state index contributed by atoms with van der Waals surface area (Å²) >= 11 is 9.01. The third-order valence-electron chi connectivity index (χ3n) is 2.94. The summed E-state index contributed by atoms with van der Waals surface area (Å²) in [7, 11) is 1.27. The van der Waals surface area contributed by atoms with Crippen molar-refractivity contribution >= 4 is 45.1 Å². The fourth-order valence-electron chi connectivity index (χ4n) is 1.98. The lowest BCUT2D eigenvalue weighted by molar-refractivity contribution is -0.145. The molecular formula is C12H10BrClFNO3. The highest BCUT2D eigenvalue weighted by Crippen LogP contribution is 2.35. The number of carbonyl (C=O) groups is 2. The first-order valence-corrected chi connectivity index (χ1v) is 6.64. The van der Waals surface area contributed by atoms with Gasteiger partial charge in [-0.25, -0.2) is 4.39 Å². The number of amides is 1. The van der Waals surface area contributed by atoms with Crippen LogP contribution < -0.4 is 4.90 Å². The van der Waals surface area contributed by atoms with Crippen LogP contribution in [-0.2, 0) is 14.3 Å². The van der Waals surface area contributed by atoms with Gasteiger partial charge in [0.2, 0.25) is 5.91 Å². The van der Waals surface area contributed by atoms with Crippen LogP contribution in [0.15, 0.2) is 16.6 Å². The third kappa shape index (κ3) is 2.74. The Hall–Kier alpha value is -1.14. The van der Waals surface area contributed by atoms with Gasteiger partial charge in [-0.05, 0) is 22.0 Å². The van der Waals surface area contributed by atoms with Crippen LogP contribution in [0.1, 0.15) is 6.42 Å². The number of rotatable bonds is 2. The molecule has 1 saturated heterocycles. The number of carbonyl (C=O) groups excluding carboxylic acids is 2. The summed E-state index contributed by atoms with van der Waals surface area (Å²) in [4.78, 5) is 24.6. The van der Waals surface area contributed by atoms with E-state index in [1.165, 1.54) is 24.1 Å². The summed E-state index contributed by atoms with van der Waals surface area (Å²) in [5, 5.41) is 0.243. The second-order valence-electron chi connectivity index (χ2n) is 4.15. The molecule has 1 aliphatic heterocycles. The van der Waals surface area contributed by atoms with Gasteiger partial charge in [0, 0.05) is 19.0 Å². The lowest BCUT2D eigenvalue weighted by Crippen LogP contribution is -2.26. The zero-order chi connectivity index (χ0) is 14.2. The fraction of sp³-hybridized carbons (Fsp3) is 0.333. The van der Waals surface area contributed by atoms with E-state index in [0.717, 1.165) is 0 Å². The molecule has 4 nitrogen and oxygen atoms in total. The minimum Gasteiger partial charge on any atom is -0.469 e. The summed E-state index contributed by atoms with van der Waals surface area (Å²) < 4.78 is 18.4. The van der Waals surface area contributed by atoms with E-state index in [4.69, 9.17) is 11.6 Å². The molecule has 2 rings (SSSR count). The summed E-state index contributed by atoms with van der Waals surface area (Å²) in [6.07, 6.45) is 0.0423. The van der Waals surface area contributed by atoms with E-state index in [9.17, 15) is 14.0 Å². The maximum atomic E-state index is 13.5. The van der Waals surface area contributed by atoms with Crippen LogP contribution in [-0.4, -0.2) is 25.5 Å². The minimum absolute atomic E-state index is 0.0423. The van der Waals surface area contributed by atoms with Crippen molar-refractivity contribution in [3.05, 3.63) is 27.4 Å². The van der Waals surface area contributed by atoms with Crippen molar-refractivity contribution in [3.8, 4) is 0 Å². The van der Waals surface area contributed by atoms with Crippen LogP contribution >= 0.6 is 27.5 Å². The van der Waals surface area contributed by atoms with Crippen LogP contribution in [0.3, 0.4) is 0 Å². The van der Waals surface area contributed by atoms with E-state index in [1.807, 2.05) is 0 Å². The van der Waals surface area contributed by atoms with E-state index < -0.39 is 17.7 Å². The van der Waals surface area contributed by atoms with Crippen molar-refractivity contribution < 1.29 is 18.7 Å². The maximum Gasteiger partial charge on any atom is 0.311 e. The largest absolute Gasteiger partial charge is 0.469 e. The van der Waals surface area contributed by atoms with Crippen molar-refractivity contribution in [2.75, 3.05) is 18.6 Å². The molecule has 0 aliphatic carbocycles. The lowest BCUT2D eigenvalue weighted by atomic mass is 10.1. The smallest absolute Gasteiger partial charge is 0.311 e. The Bertz CT molecular complexity index is 552. The molecule has 1 aromatic carbocycles. The molecule has 1 fully saturated rings. The molecule has 7 heteroatoms. The van der Waals surface area contributed by atoms with Gasteiger partial charge in [0.1, 0.15) is 5.82 Å². The SMILES string of the molecule is COC(=O)C1CC(=O)N(c2cc(F)c(Br)cc2Cl)C1. The van der Waals surface area contributed by atoms with Gasteiger partial charge >= 0.3 is 5.97 Å². The second-order valence-corrected chi connectivity index (χ2v) is 5.41. The summed E-state index contributed by atoms with van der Waals surface area (Å²) in [6.45, 7) is 0.145. The first kappa shape index (κ1) is 14.3. The second kappa shape index (κ2) is 5.46. The van der Waals surface area contributed by atoms with Gasteiger partial charge in [-0.3, -0.25) is 9.59 Å². The van der Waals surface area contributed by atoms with Crippen molar-refractivity contribution in [2.45, 2.75) is 6.42 Å². The molecule has 102 valence electrons. The molecule has 0 saturated carbocycles. The number of nitrogens with zero attached hydrogens (tertiary/aromatic N) is 1. The number of hydrogen-bond donors (Lipinski definition) is 0. The first-order chi connectivity index (χ1) is 8.93. The quantitative estimate of drug-likeness (QED) is 0.609. The Labute approximate surface area is 122 Å². The molecule has 0 bridgehead atoms. The molecule has 0 radical (unpaired) electrons. The van der Waals surface area contributed by atoms with E-state index in [2.05, 4.69) is 20.7 Å². The standard InChI is InChI=1S/C12H10BrClFNO3/c1-19-12(18)6-2-11(17)16(5-6)10-4-9(15)7(13)3-8(10)14/h3-4,6H,2,5H2,1H3. The normalized spacial score (nSPS) is 18.8. The number of esters is 1. The van der Waals surface area contributed by atoms with E-state index in [-0.39, 0.29) is 34.1 Å². The van der Waals surface area contributed by atoms with Gasteiger partial charge in [0.25, 0.3) is 0 Å². The number of methoxy groups -OCH3 is 1. The van der Waals surface area contributed by atoms with Crippen molar-refractivity contribution in [2.24, 2.45) is 5.92 Å². The zero-order valence-corrected chi connectivity index (χ0v) is 12.3. The molecular weight excluding hydrogens is 340 g/mol. The highest BCUT2D eigenvalue weighted by atomic mass is 79.9. The highest BCUT2D eigenvalue weighted by Gasteiger charge is 2.36. The molecule has 19 heavy (non-hydrogen) atoms. The highest BCUT2D eigenvalue weighted by molar-refractivity contribution is 9.10. The van der Waals surface area contributed by atoms with Gasteiger partial charge in [-0.2, -0.15) is 0 Å². The zero-order valence-electron chi connectivity index (χ0n) is 9.95. The summed E-state index contributed by atoms with van der Waals surface area (Å²) in [6, 6.07) is 2.55. The van der Waals surface area contributed by atoms with Gasteiger partial charge in [0.15, 0.2) is 0 Å². The molecule has 1 unspecified atom stereocenters. The predicted molar refractivity (Wildman–Crippen MR) is 71.6 cm³/mol. The summed E-state index contributed by atoms with van der Waals surface area (Å²) in [5.74, 6) is -1.79. The average molecular weight is 351 g/mol. The van der Waals surface area contributed by atoms with E-state index >= 15 is 0 Å². The van der Waals surface area contributed by atoms with Crippen molar-refractivity contribution in [1.29, 1.82) is 0 Å². The molecule has 1 heterocycles. The first-order valence-electron chi connectivity index (χ1n) is 5.46. The van der Waals surface area contributed by atoms with Crippen LogP contribution in [0.5, 0.6) is 0 Å². The van der Waals surface area contributed by atoms with Gasteiger partial charge in [-0.15, -0.1) is 0 Å². The molecule has 0 spiro atoms. The third-order valence-corrected chi connectivity index (χ3v) is 3.85.